The number of benzene rings is 1. The Balaban J connectivity index is 2.20. The molecule has 0 saturated heterocycles. The van der Waals surface area contributed by atoms with Gasteiger partial charge in [0.25, 0.3) is 0 Å². The van der Waals surface area contributed by atoms with E-state index < -0.39 is 0 Å². The summed E-state index contributed by atoms with van der Waals surface area (Å²) in [7, 11) is 0. The third-order valence-electron chi connectivity index (χ3n) is 2.63. The molecule has 0 spiro atoms. The van der Waals surface area contributed by atoms with Crippen molar-refractivity contribution in [3.05, 3.63) is 35.2 Å². The van der Waals surface area contributed by atoms with Crippen LogP contribution >= 0.6 is 11.3 Å². The van der Waals surface area contributed by atoms with Crippen LogP contribution in [0.25, 0.3) is 10.1 Å². The summed E-state index contributed by atoms with van der Waals surface area (Å²) in [5, 5.41) is 4.77. The van der Waals surface area contributed by atoms with Crippen molar-refractivity contribution >= 4 is 21.4 Å². The van der Waals surface area contributed by atoms with Crippen LogP contribution < -0.4 is 5.32 Å². The second-order valence-electron chi connectivity index (χ2n) is 3.90. The van der Waals surface area contributed by atoms with E-state index in [1.54, 1.807) is 0 Å². The summed E-state index contributed by atoms with van der Waals surface area (Å²) in [5.74, 6) is 0.613. The van der Waals surface area contributed by atoms with Crippen LogP contribution in [0.2, 0.25) is 0 Å². The van der Waals surface area contributed by atoms with E-state index in [1.165, 1.54) is 15.0 Å². The largest absolute Gasteiger partial charge is 0.316 e. The molecule has 2 rings (SSSR count). The van der Waals surface area contributed by atoms with Crippen LogP contribution in [0.1, 0.15) is 24.6 Å². The first-order valence-electron chi connectivity index (χ1n) is 5.50. The van der Waals surface area contributed by atoms with E-state index in [9.17, 15) is 0 Å². The molecule has 2 aromatic rings. The van der Waals surface area contributed by atoms with Crippen molar-refractivity contribution in [3.63, 3.8) is 0 Å². The summed E-state index contributed by atoms with van der Waals surface area (Å²) in [4.78, 5) is 1.48. The Morgan fingerprint density at radius 3 is 2.87 bits per heavy atom. The highest BCUT2D eigenvalue weighted by atomic mass is 32.1. The van der Waals surface area contributed by atoms with Gasteiger partial charge in [-0.2, -0.15) is 0 Å². The predicted octanol–water partition coefficient (Wildman–Crippen LogP) is 3.61. The number of hydrogen-bond acceptors (Lipinski definition) is 2. The maximum absolute atomic E-state index is 3.40. The Labute approximate surface area is 95.1 Å². The van der Waals surface area contributed by atoms with Crippen LogP contribution in [0.3, 0.4) is 0 Å². The van der Waals surface area contributed by atoms with Gasteiger partial charge in [-0.15, -0.1) is 11.3 Å². The van der Waals surface area contributed by atoms with Gasteiger partial charge in [-0.05, 0) is 24.1 Å². The topological polar surface area (TPSA) is 12.0 Å². The second kappa shape index (κ2) is 4.77. The van der Waals surface area contributed by atoms with Crippen molar-refractivity contribution < 1.29 is 0 Å². The summed E-state index contributed by atoms with van der Waals surface area (Å²) >= 11 is 1.92. The Morgan fingerprint density at radius 2 is 2.13 bits per heavy atom. The fourth-order valence-corrected chi connectivity index (χ4v) is 2.82. The molecule has 0 aliphatic heterocycles. The molecule has 1 atom stereocenters. The molecule has 1 aromatic carbocycles. The van der Waals surface area contributed by atoms with Crippen LogP contribution in [-0.4, -0.2) is 13.1 Å². The minimum Gasteiger partial charge on any atom is -0.316 e. The molecule has 15 heavy (non-hydrogen) atoms. The quantitative estimate of drug-likeness (QED) is 0.828. The van der Waals surface area contributed by atoms with Gasteiger partial charge in [0.1, 0.15) is 0 Å². The zero-order chi connectivity index (χ0) is 10.7. The first kappa shape index (κ1) is 10.7. The van der Waals surface area contributed by atoms with E-state index in [-0.39, 0.29) is 0 Å². The van der Waals surface area contributed by atoms with E-state index >= 15 is 0 Å². The molecule has 0 aliphatic rings. The first-order chi connectivity index (χ1) is 7.31. The van der Waals surface area contributed by atoms with E-state index in [1.807, 2.05) is 11.3 Å². The van der Waals surface area contributed by atoms with Gasteiger partial charge in [0.15, 0.2) is 0 Å². The van der Waals surface area contributed by atoms with Gasteiger partial charge in [0.05, 0.1) is 0 Å². The van der Waals surface area contributed by atoms with Crippen molar-refractivity contribution in [3.8, 4) is 0 Å². The average Bonchev–Trinajstić information content (AvgIpc) is 2.69. The molecule has 1 N–H and O–H groups in total. The molecule has 0 saturated carbocycles. The number of rotatable bonds is 4. The van der Waals surface area contributed by atoms with Crippen LogP contribution in [-0.2, 0) is 0 Å². The van der Waals surface area contributed by atoms with E-state index in [0.717, 1.165) is 13.1 Å². The lowest BCUT2D eigenvalue weighted by molar-refractivity contribution is 0.642. The highest BCUT2D eigenvalue weighted by molar-refractivity contribution is 7.19. The summed E-state index contributed by atoms with van der Waals surface area (Å²) in [6, 6.07) is 10.9. The molecule has 1 heterocycles. The van der Waals surface area contributed by atoms with Crippen LogP contribution in [0.5, 0.6) is 0 Å². The zero-order valence-electron chi connectivity index (χ0n) is 9.29. The standard InChI is InChI=1S/C13H17NS/c1-3-14-9-10(2)13-8-11-6-4-5-7-12(11)15-13/h4-8,10,14H,3,9H2,1-2H3. The van der Waals surface area contributed by atoms with Crippen molar-refractivity contribution in [1.82, 2.24) is 5.32 Å². The fourth-order valence-electron chi connectivity index (χ4n) is 1.71. The van der Waals surface area contributed by atoms with E-state index in [2.05, 4.69) is 49.5 Å². The van der Waals surface area contributed by atoms with Crippen molar-refractivity contribution in [1.29, 1.82) is 0 Å². The molecule has 0 radical (unpaired) electrons. The summed E-state index contributed by atoms with van der Waals surface area (Å²) in [6.07, 6.45) is 0. The van der Waals surface area contributed by atoms with Crippen molar-refractivity contribution in [2.45, 2.75) is 19.8 Å². The summed E-state index contributed by atoms with van der Waals surface area (Å²) < 4.78 is 1.40. The first-order valence-corrected chi connectivity index (χ1v) is 6.32. The lowest BCUT2D eigenvalue weighted by atomic mass is 10.1. The summed E-state index contributed by atoms with van der Waals surface area (Å²) in [6.45, 7) is 6.56. The average molecular weight is 219 g/mol. The molecule has 1 aromatic heterocycles. The normalized spacial score (nSPS) is 13.2. The minimum absolute atomic E-state index is 0.613. The molecule has 1 nitrogen and oxygen atoms in total. The molecule has 0 bridgehead atoms. The van der Waals surface area contributed by atoms with Gasteiger partial charge in [-0.1, -0.05) is 32.0 Å². The number of thiophene rings is 1. The zero-order valence-corrected chi connectivity index (χ0v) is 10.1. The molecule has 2 heteroatoms. The van der Waals surface area contributed by atoms with Crippen LogP contribution in [0.15, 0.2) is 30.3 Å². The number of likely N-dealkylation sites (N-methyl/N-ethyl adjacent to an activating group) is 1. The Hall–Kier alpha value is -0.860. The second-order valence-corrected chi connectivity index (χ2v) is 5.01. The van der Waals surface area contributed by atoms with E-state index in [4.69, 9.17) is 0 Å². The van der Waals surface area contributed by atoms with Crippen LogP contribution in [0.4, 0.5) is 0 Å². The number of hydrogen-bond donors (Lipinski definition) is 1. The van der Waals surface area contributed by atoms with Gasteiger partial charge >= 0.3 is 0 Å². The SMILES string of the molecule is CCNCC(C)c1cc2ccccc2s1. The van der Waals surface area contributed by atoms with Crippen molar-refractivity contribution in [2.24, 2.45) is 0 Å². The lowest BCUT2D eigenvalue weighted by Crippen LogP contribution is -2.18. The molecule has 0 amide bonds. The molecular weight excluding hydrogens is 202 g/mol. The Bertz CT molecular complexity index is 400. The van der Waals surface area contributed by atoms with Crippen molar-refractivity contribution in [2.75, 3.05) is 13.1 Å². The minimum atomic E-state index is 0.613. The summed E-state index contributed by atoms with van der Waals surface area (Å²) in [5.41, 5.74) is 0. The maximum Gasteiger partial charge on any atom is 0.0345 e. The Kier molecular flexibility index (Phi) is 3.39. The highest BCUT2D eigenvalue weighted by Gasteiger charge is 2.08. The van der Waals surface area contributed by atoms with Gasteiger partial charge in [0, 0.05) is 22.0 Å². The predicted molar refractivity (Wildman–Crippen MR) is 68.8 cm³/mol. The fraction of sp³-hybridized carbons (Fsp3) is 0.385. The number of nitrogens with one attached hydrogen (secondary N) is 1. The lowest BCUT2D eigenvalue weighted by Gasteiger charge is -2.08. The molecule has 0 aliphatic carbocycles. The monoisotopic (exact) mass is 219 g/mol. The molecule has 1 unspecified atom stereocenters. The van der Waals surface area contributed by atoms with Gasteiger partial charge < -0.3 is 5.32 Å². The number of fused-ring (bicyclic) bond motifs is 1. The highest BCUT2D eigenvalue weighted by Crippen LogP contribution is 2.30. The third-order valence-corrected chi connectivity index (χ3v) is 3.98. The Morgan fingerprint density at radius 1 is 1.33 bits per heavy atom. The van der Waals surface area contributed by atoms with E-state index in [0.29, 0.717) is 5.92 Å². The third kappa shape index (κ3) is 2.39. The van der Waals surface area contributed by atoms with Gasteiger partial charge in [-0.25, -0.2) is 0 Å². The van der Waals surface area contributed by atoms with Crippen LogP contribution in [0, 0.1) is 0 Å². The van der Waals surface area contributed by atoms with Gasteiger partial charge in [-0.3, -0.25) is 0 Å². The molecule has 80 valence electrons. The maximum atomic E-state index is 3.40. The smallest absolute Gasteiger partial charge is 0.0345 e. The molecule has 0 fully saturated rings. The molecular formula is C13H17NS. The van der Waals surface area contributed by atoms with Gasteiger partial charge in [0.2, 0.25) is 0 Å².